The summed E-state index contributed by atoms with van der Waals surface area (Å²) in [5.74, 6) is -2.16. The third kappa shape index (κ3) is 4.70. The van der Waals surface area contributed by atoms with Crippen molar-refractivity contribution in [3.8, 4) is 16.8 Å². The van der Waals surface area contributed by atoms with Crippen LogP contribution in [0.4, 0.5) is 20.2 Å². The predicted molar refractivity (Wildman–Crippen MR) is 177 cm³/mol. The Hall–Kier alpha value is -3.66. The van der Waals surface area contributed by atoms with Crippen molar-refractivity contribution >= 4 is 63.0 Å². The van der Waals surface area contributed by atoms with Gasteiger partial charge in [-0.1, -0.05) is 55.2 Å². The second-order valence-corrected chi connectivity index (χ2v) is 13.1. The molecule has 45 heavy (non-hydrogen) atoms. The Morgan fingerprint density at radius 2 is 1.84 bits per heavy atom. The number of amides is 1. The first kappa shape index (κ1) is 31.3. The molecule has 0 radical (unpaired) electrons. The number of aromatic nitrogens is 2. The van der Waals surface area contributed by atoms with Crippen molar-refractivity contribution in [2.75, 3.05) is 23.7 Å². The number of halogens is 5. The van der Waals surface area contributed by atoms with E-state index in [0.29, 0.717) is 47.5 Å². The number of aryl methyl sites for hydroxylation is 1. The summed E-state index contributed by atoms with van der Waals surface area (Å²) >= 11 is 19.5. The van der Waals surface area contributed by atoms with E-state index < -0.39 is 17.2 Å². The highest BCUT2D eigenvalue weighted by atomic mass is 35.5. The normalized spacial score (nSPS) is 17.6. The molecule has 2 unspecified atom stereocenters. The average molecular weight is 673 g/mol. The number of nitrogens with two attached hydrogens (primary N) is 1. The fraction of sp³-hybridized carbons (Fsp3) is 0.303. The van der Waals surface area contributed by atoms with Gasteiger partial charge in [0.25, 0.3) is 5.56 Å². The van der Waals surface area contributed by atoms with Gasteiger partial charge in [-0.3, -0.25) is 19.1 Å². The molecule has 2 N–H and O–H groups in total. The van der Waals surface area contributed by atoms with Crippen LogP contribution >= 0.6 is 34.8 Å². The summed E-state index contributed by atoms with van der Waals surface area (Å²) in [5.41, 5.74) is 7.86. The average Bonchev–Trinajstić information content (AvgIpc) is 3.36. The van der Waals surface area contributed by atoms with Crippen molar-refractivity contribution in [3.63, 3.8) is 0 Å². The number of benzene rings is 2. The van der Waals surface area contributed by atoms with Crippen LogP contribution in [-0.4, -0.2) is 45.5 Å². The van der Waals surface area contributed by atoms with Gasteiger partial charge in [0.2, 0.25) is 5.91 Å². The van der Waals surface area contributed by atoms with Gasteiger partial charge in [0, 0.05) is 53.8 Å². The van der Waals surface area contributed by atoms with E-state index in [-0.39, 0.29) is 61.3 Å². The Labute approximate surface area is 273 Å². The number of hydrogen-bond donors (Lipinski definition) is 1. The third-order valence-electron chi connectivity index (χ3n) is 8.83. The van der Waals surface area contributed by atoms with Crippen LogP contribution in [0, 0.1) is 18.6 Å². The van der Waals surface area contributed by atoms with Crippen LogP contribution in [0.25, 0.3) is 27.7 Å². The zero-order valence-corrected chi connectivity index (χ0v) is 27.3. The largest absolute Gasteiger partial charge is 0.397 e. The summed E-state index contributed by atoms with van der Waals surface area (Å²) in [7, 11) is 0. The Bertz CT molecular complexity index is 1990. The molecular weight excluding hydrogens is 643 g/mol. The first-order chi connectivity index (χ1) is 21.3. The lowest BCUT2D eigenvalue weighted by atomic mass is 9.97. The third-order valence-corrected chi connectivity index (χ3v) is 9.78. The molecule has 234 valence electrons. The zero-order valence-electron chi connectivity index (χ0n) is 25.0. The summed E-state index contributed by atoms with van der Waals surface area (Å²) in [6.45, 7) is 12.0. The minimum Gasteiger partial charge on any atom is -0.397 e. The van der Waals surface area contributed by atoms with E-state index in [4.69, 9.17) is 40.5 Å². The van der Waals surface area contributed by atoms with Crippen molar-refractivity contribution < 1.29 is 13.6 Å². The predicted octanol–water partition coefficient (Wildman–Crippen LogP) is 7.45. The molecule has 12 heteroatoms. The number of fused-ring (bicyclic) bond motifs is 5. The van der Waals surface area contributed by atoms with Gasteiger partial charge < -0.3 is 15.5 Å². The van der Waals surface area contributed by atoms with Gasteiger partial charge in [-0.25, -0.2) is 8.78 Å². The van der Waals surface area contributed by atoms with E-state index in [9.17, 15) is 9.59 Å². The maximum atomic E-state index is 16.4. The topological polar surface area (TPSA) is 84.5 Å². The van der Waals surface area contributed by atoms with Gasteiger partial charge in [-0.15, -0.1) is 0 Å². The van der Waals surface area contributed by atoms with Gasteiger partial charge in [0.1, 0.15) is 5.82 Å². The summed E-state index contributed by atoms with van der Waals surface area (Å²) in [5, 5.41) is -0.310. The Morgan fingerprint density at radius 3 is 2.51 bits per heavy atom. The highest BCUT2D eigenvalue weighted by Gasteiger charge is 2.42. The molecular formula is C33H30Cl3F2N5O2. The summed E-state index contributed by atoms with van der Waals surface area (Å²) in [4.78, 5) is 35.8. The van der Waals surface area contributed by atoms with E-state index in [0.717, 1.165) is 11.6 Å². The van der Waals surface area contributed by atoms with Crippen molar-refractivity contribution in [1.82, 2.24) is 14.5 Å². The molecule has 0 saturated carbocycles. The number of nitrogens with zero attached hydrogens (tertiary/aromatic N) is 4. The maximum Gasteiger partial charge on any atom is 0.261 e. The van der Waals surface area contributed by atoms with E-state index in [1.807, 2.05) is 32.6 Å². The van der Waals surface area contributed by atoms with Crippen LogP contribution in [0.5, 0.6) is 0 Å². The van der Waals surface area contributed by atoms with Crippen LogP contribution < -0.4 is 16.2 Å². The molecule has 2 aromatic heterocycles. The van der Waals surface area contributed by atoms with Crippen molar-refractivity contribution in [1.29, 1.82) is 0 Å². The summed E-state index contributed by atoms with van der Waals surface area (Å²) < 4.78 is 33.5. The van der Waals surface area contributed by atoms with Gasteiger partial charge in [-0.05, 0) is 49.6 Å². The first-order valence-corrected chi connectivity index (χ1v) is 15.6. The van der Waals surface area contributed by atoms with E-state index >= 15 is 8.78 Å². The van der Waals surface area contributed by atoms with Gasteiger partial charge >= 0.3 is 0 Å². The first-order valence-electron chi connectivity index (χ1n) is 14.5. The van der Waals surface area contributed by atoms with Crippen molar-refractivity contribution in [3.05, 3.63) is 90.9 Å². The van der Waals surface area contributed by atoms with E-state index in [1.54, 1.807) is 17.2 Å². The number of pyridine rings is 2. The molecule has 1 fully saturated rings. The molecule has 6 rings (SSSR count). The molecule has 1 saturated heterocycles. The Morgan fingerprint density at radius 1 is 1.13 bits per heavy atom. The number of nitrogen functional groups attached to an aromatic ring is 1. The fourth-order valence-electron chi connectivity index (χ4n) is 6.75. The van der Waals surface area contributed by atoms with E-state index in [1.165, 1.54) is 16.7 Å². The van der Waals surface area contributed by atoms with Crippen LogP contribution in [-0.2, 0) is 11.2 Å². The molecule has 7 nitrogen and oxygen atoms in total. The molecule has 1 amide bonds. The van der Waals surface area contributed by atoms with Crippen molar-refractivity contribution in [2.24, 2.45) is 0 Å². The summed E-state index contributed by atoms with van der Waals surface area (Å²) in [6.07, 6.45) is 3.26. The molecule has 2 aromatic carbocycles. The maximum absolute atomic E-state index is 16.4. The fourth-order valence-corrected chi connectivity index (χ4v) is 7.58. The number of carbonyl (C=O) groups is 1. The number of rotatable bonds is 4. The highest BCUT2D eigenvalue weighted by Crippen LogP contribution is 2.48. The molecule has 4 heterocycles. The van der Waals surface area contributed by atoms with E-state index in [2.05, 4.69) is 11.6 Å². The Balaban J connectivity index is 1.76. The lowest BCUT2D eigenvalue weighted by Gasteiger charge is -2.43. The van der Waals surface area contributed by atoms with Crippen molar-refractivity contribution in [2.45, 2.75) is 52.1 Å². The standard InChI is InChI=1S/C33H30Cl3F2N5O2/c1-6-23(44)41-13-17-9-19-31(42(17)12-16(41)5)18-10-22(37)24(25-27(38)20(34)11-21(35)28(25)39)26(36)32(18)43(33(19)45)30-15(4)7-8-40-29(30)14(2)3/h6-8,10-11,14,16-17H,1,9,12-13,39H2,2-5H3. The lowest BCUT2D eigenvalue weighted by Crippen LogP contribution is -2.57. The Kier molecular flexibility index (Phi) is 7.86. The minimum atomic E-state index is -0.994. The van der Waals surface area contributed by atoms with Gasteiger partial charge in [-0.2, -0.15) is 0 Å². The molecule has 2 aliphatic heterocycles. The quantitative estimate of drug-likeness (QED) is 0.138. The molecule has 2 aliphatic rings. The van der Waals surface area contributed by atoms with Crippen LogP contribution in [0.3, 0.4) is 0 Å². The second kappa shape index (κ2) is 11.3. The number of piperazine rings is 1. The molecule has 2 atom stereocenters. The van der Waals surface area contributed by atoms with Gasteiger partial charge in [0.05, 0.1) is 49.4 Å². The zero-order chi connectivity index (χ0) is 32.6. The number of carbonyl (C=O) groups excluding carboxylic acids is 1. The van der Waals surface area contributed by atoms with Crippen LogP contribution in [0.15, 0.2) is 41.8 Å². The van der Waals surface area contributed by atoms with Crippen LogP contribution in [0.1, 0.15) is 43.5 Å². The van der Waals surface area contributed by atoms with Crippen LogP contribution in [0.2, 0.25) is 15.1 Å². The molecule has 0 bridgehead atoms. The SMILES string of the molecule is C=CC(=O)N1CC2Cc3c(c4cc(F)c(-c5c(N)c(Cl)cc(Cl)c5F)c(Cl)c4n(-c4c(C)ccnc4C(C)C)c3=O)N2CC1C. The lowest BCUT2D eigenvalue weighted by molar-refractivity contribution is -0.128. The van der Waals surface area contributed by atoms with Gasteiger partial charge in [0.15, 0.2) is 5.82 Å². The number of anilines is 2. The summed E-state index contributed by atoms with van der Waals surface area (Å²) in [6, 6.07) is 3.72. The molecule has 0 aliphatic carbocycles. The molecule has 4 aromatic rings. The number of hydrogen-bond acceptors (Lipinski definition) is 5. The monoisotopic (exact) mass is 671 g/mol. The highest BCUT2D eigenvalue weighted by molar-refractivity contribution is 6.40. The molecule has 0 spiro atoms. The minimum absolute atomic E-state index is 0.0766. The second-order valence-electron chi connectivity index (χ2n) is 11.9. The smallest absolute Gasteiger partial charge is 0.261 e.